The van der Waals surface area contributed by atoms with E-state index in [-0.39, 0.29) is 47.0 Å². The van der Waals surface area contributed by atoms with Gasteiger partial charge in [0.25, 0.3) is 0 Å². The number of fused-ring (bicyclic) bond motifs is 1. The highest BCUT2D eigenvalue weighted by Crippen LogP contribution is 2.55. The fraction of sp³-hybridized carbons (Fsp3) is 0.317. The van der Waals surface area contributed by atoms with Crippen molar-refractivity contribution in [1.82, 2.24) is 0 Å². The summed E-state index contributed by atoms with van der Waals surface area (Å²) in [7, 11) is 0. The van der Waals surface area contributed by atoms with E-state index in [1.165, 1.54) is 36.4 Å². The van der Waals surface area contributed by atoms with Gasteiger partial charge in [0.15, 0.2) is 24.6 Å². The lowest BCUT2D eigenvalue weighted by atomic mass is 9.96. The quantitative estimate of drug-likeness (QED) is 0.175. The number of benzene rings is 4. The molecule has 3 heterocycles. The van der Waals surface area contributed by atoms with Gasteiger partial charge in [-0.15, -0.1) is 0 Å². The van der Waals surface area contributed by atoms with Crippen LogP contribution >= 0.6 is 0 Å². The van der Waals surface area contributed by atoms with Crippen LogP contribution in [0.2, 0.25) is 0 Å². The zero-order valence-electron chi connectivity index (χ0n) is 28.7. The van der Waals surface area contributed by atoms with Crippen LogP contribution in [0.1, 0.15) is 41.4 Å². The van der Waals surface area contributed by atoms with Crippen molar-refractivity contribution in [3.05, 3.63) is 144 Å². The normalized spacial score (nSPS) is 30.6. The van der Waals surface area contributed by atoms with Crippen LogP contribution in [0.4, 0.5) is 0 Å². The first-order valence-corrected chi connectivity index (χ1v) is 17.6. The van der Waals surface area contributed by atoms with E-state index in [0.717, 1.165) is 0 Å². The Kier molecular flexibility index (Phi) is 10.2. The molecule has 3 saturated heterocycles. The van der Waals surface area contributed by atoms with E-state index in [0.29, 0.717) is 0 Å². The standard InChI is InChI=1S/C41H36O13/c42-27-21-47-32-29-33(50-34(29)32)30(27)54-41-36(53-40(46)26-19-11-4-12-20-26)35(52-39(45)25-17-9-3-10-18-25)31(51-38(44)24-15-7-2-8-16-24)28(49-41)22-48-37(43)23-13-5-1-6-14-23/h1-20,27-36,41-42H,21-22H2/t27?,28?,29-,30+,31+,32-,33+,34?,35?,36-,41-/m0/s1. The lowest BCUT2D eigenvalue weighted by Gasteiger charge is -2.46. The van der Waals surface area contributed by atoms with E-state index in [1.807, 2.05) is 0 Å². The van der Waals surface area contributed by atoms with Crippen molar-refractivity contribution in [2.24, 2.45) is 5.92 Å². The van der Waals surface area contributed by atoms with Gasteiger partial charge in [0, 0.05) is 5.92 Å². The highest BCUT2D eigenvalue weighted by atomic mass is 16.7. The second-order valence-corrected chi connectivity index (χ2v) is 13.3. The fourth-order valence-electron chi connectivity index (χ4n) is 6.99. The molecule has 0 bridgehead atoms. The highest BCUT2D eigenvalue weighted by Gasteiger charge is 2.71. The fourth-order valence-corrected chi connectivity index (χ4v) is 6.99. The Labute approximate surface area is 309 Å². The highest BCUT2D eigenvalue weighted by molar-refractivity contribution is 5.91. The Morgan fingerprint density at radius 2 is 1.00 bits per heavy atom. The number of aliphatic hydroxyl groups is 1. The van der Waals surface area contributed by atoms with Gasteiger partial charge in [0.05, 0.1) is 47.2 Å². The number of esters is 4. The predicted molar refractivity (Wildman–Crippen MR) is 185 cm³/mol. The summed E-state index contributed by atoms with van der Waals surface area (Å²) >= 11 is 0. The van der Waals surface area contributed by atoms with E-state index < -0.39 is 79.5 Å². The van der Waals surface area contributed by atoms with Gasteiger partial charge in [0.2, 0.25) is 0 Å². The number of aliphatic hydroxyl groups excluding tert-OH is 1. The molecule has 0 radical (unpaired) electrons. The first-order chi connectivity index (χ1) is 26.4. The maximum Gasteiger partial charge on any atom is 0.338 e. The average Bonchev–Trinajstić information content (AvgIpc) is 3.81. The van der Waals surface area contributed by atoms with E-state index in [4.69, 9.17) is 37.9 Å². The van der Waals surface area contributed by atoms with E-state index >= 15 is 0 Å². The van der Waals surface area contributed by atoms with Crippen LogP contribution in [0.15, 0.2) is 121 Å². The minimum Gasteiger partial charge on any atom is -0.459 e. The first kappa shape index (κ1) is 35.6. The molecule has 54 heavy (non-hydrogen) atoms. The molecule has 4 aromatic carbocycles. The zero-order chi connectivity index (χ0) is 37.2. The number of hydrogen-bond acceptors (Lipinski definition) is 13. The van der Waals surface area contributed by atoms with Crippen molar-refractivity contribution in [2.45, 2.75) is 61.2 Å². The van der Waals surface area contributed by atoms with Gasteiger partial charge in [-0.1, -0.05) is 72.8 Å². The van der Waals surface area contributed by atoms with Crippen LogP contribution in [0.25, 0.3) is 0 Å². The summed E-state index contributed by atoms with van der Waals surface area (Å²) < 4.78 is 48.6. The largest absolute Gasteiger partial charge is 0.459 e. The van der Waals surface area contributed by atoms with Crippen molar-refractivity contribution in [2.75, 3.05) is 13.2 Å². The molecule has 3 aliphatic heterocycles. The Balaban J connectivity index is 1.18. The molecular formula is C41H36O13. The Hall–Kier alpha value is -5.44. The Bertz CT molecular complexity index is 1940. The van der Waals surface area contributed by atoms with Gasteiger partial charge in [-0.3, -0.25) is 0 Å². The van der Waals surface area contributed by atoms with Crippen LogP contribution in [-0.4, -0.2) is 103 Å². The molecule has 4 unspecified atom stereocenters. The third kappa shape index (κ3) is 7.36. The topological polar surface area (TPSA) is 162 Å². The molecule has 0 amide bonds. The zero-order valence-corrected chi connectivity index (χ0v) is 28.7. The van der Waals surface area contributed by atoms with Crippen LogP contribution < -0.4 is 0 Å². The van der Waals surface area contributed by atoms with Crippen molar-refractivity contribution < 1.29 is 62.2 Å². The predicted octanol–water partition coefficient (Wildman–Crippen LogP) is 3.79. The summed E-state index contributed by atoms with van der Waals surface area (Å²) in [6.07, 6.45) is -10.7. The van der Waals surface area contributed by atoms with Gasteiger partial charge in [-0.25, -0.2) is 19.2 Å². The van der Waals surface area contributed by atoms with E-state index in [9.17, 15) is 24.3 Å². The number of rotatable bonds is 11. The molecule has 0 aromatic heterocycles. The van der Waals surface area contributed by atoms with Crippen LogP contribution in [0, 0.1) is 5.92 Å². The van der Waals surface area contributed by atoms with Gasteiger partial charge in [0.1, 0.15) is 24.9 Å². The number of carbonyl (C=O) groups excluding carboxylic acids is 4. The smallest absolute Gasteiger partial charge is 0.338 e. The molecular weight excluding hydrogens is 700 g/mol. The first-order valence-electron chi connectivity index (χ1n) is 17.6. The summed E-state index contributed by atoms with van der Waals surface area (Å²) in [5.41, 5.74) is 0.729. The van der Waals surface area contributed by atoms with Gasteiger partial charge in [-0.05, 0) is 48.5 Å². The molecule has 278 valence electrons. The van der Waals surface area contributed by atoms with Gasteiger partial charge in [-0.2, -0.15) is 0 Å². The molecule has 13 heteroatoms. The molecule has 4 aliphatic rings. The summed E-state index contributed by atoms with van der Waals surface area (Å²) in [5.74, 6) is -3.20. The molecule has 1 aliphatic carbocycles. The Morgan fingerprint density at radius 1 is 0.537 bits per heavy atom. The number of carbonyl (C=O) groups is 4. The van der Waals surface area contributed by atoms with E-state index in [1.54, 1.807) is 84.9 Å². The molecule has 1 N–H and O–H groups in total. The third-order valence-corrected chi connectivity index (χ3v) is 9.83. The summed E-state index contributed by atoms with van der Waals surface area (Å²) in [5, 5.41) is 11.2. The van der Waals surface area contributed by atoms with Crippen LogP contribution in [-0.2, 0) is 37.9 Å². The molecule has 13 nitrogen and oxygen atoms in total. The minimum atomic E-state index is -1.60. The number of ether oxygens (including phenoxy) is 8. The van der Waals surface area contributed by atoms with Gasteiger partial charge >= 0.3 is 23.9 Å². The second-order valence-electron chi connectivity index (χ2n) is 13.3. The summed E-state index contributed by atoms with van der Waals surface area (Å²) in [4.78, 5) is 54.5. The van der Waals surface area contributed by atoms with Crippen molar-refractivity contribution in [3.8, 4) is 0 Å². The van der Waals surface area contributed by atoms with Gasteiger partial charge < -0.3 is 43.0 Å². The summed E-state index contributed by atoms with van der Waals surface area (Å²) in [6, 6.07) is 32.5. The lowest BCUT2D eigenvalue weighted by molar-refractivity contribution is -0.329. The van der Waals surface area contributed by atoms with E-state index in [2.05, 4.69) is 0 Å². The SMILES string of the molecule is O=C(OCC1O[C@@H](O[C@@H]2C(O)CO[C@@H]3C4O[C@@H]2[C@@H]43)[C@@H](OC(=O)c2ccccc2)C(OC(=O)c2ccccc2)[C@@H]1OC(=O)c1ccccc1)c1ccccc1. The maximum atomic E-state index is 13.8. The third-order valence-electron chi connectivity index (χ3n) is 9.83. The molecule has 4 aromatic rings. The molecule has 4 fully saturated rings. The van der Waals surface area contributed by atoms with Crippen LogP contribution in [0.5, 0.6) is 0 Å². The second kappa shape index (κ2) is 15.5. The lowest BCUT2D eigenvalue weighted by Crippen LogP contribution is -2.64. The molecule has 1 saturated carbocycles. The van der Waals surface area contributed by atoms with Crippen molar-refractivity contribution in [1.29, 1.82) is 0 Å². The molecule has 0 spiro atoms. The summed E-state index contributed by atoms with van der Waals surface area (Å²) in [6.45, 7) is -0.562. The molecule has 11 atom stereocenters. The average molecular weight is 737 g/mol. The number of hydrogen-bond donors (Lipinski definition) is 1. The molecule has 8 rings (SSSR count). The van der Waals surface area contributed by atoms with Crippen molar-refractivity contribution in [3.63, 3.8) is 0 Å². The minimum absolute atomic E-state index is 0.0186. The van der Waals surface area contributed by atoms with Crippen molar-refractivity contribution >= 4 is 23.9 Å². The Morgan fingerprint density at radius 3 is 1.52 bits per heavy atom. The monoisotopic (exact) mass is 736 g/mol. The maximum absolute atomic E-state index is 13.8. The van der Waals surface area contributed by atoms with Crippen LogP contribution in [0.3, 0.4) is 0 Å².